The Balaban J connectivity index is 1.19. The van der Waals surface area contributed by atoms with Crippen molar-refractivity contribution in [2.24, 2.45) is 0 Å². The molecule has 0 bridgehead atoms. The van der Waals surface area contributed by atoms with Crippen molar-refractivity contribution in [3.05, 3.63) is 200 Å². The van der Waals surface area contributed by atoms with Gasteiger partial charge in [-0.15, -0.1) is 11.3 Å². The molecule has 0 fully saturated rings. The van der Waals surface area contributed by atoms with Crippen LogP contribution in [0.1, 0.15) is 0 Å². The molecular formula is C52H33N3SSi. The van der Waals surface area contributed by atoms with Crippen LogP contribution in [-0.2, 0) is 0 Å². The van der Waals surface area contributed by atoms with Crippen LogP contribution in [0.3, 0.4) is 0 Å². The molecule has 0 aliphatic carbocycles. The summed E-state index contributed by atoms with van der Waals surface area (Å²) in [5, 5.41) is 10.4. The van der Waals surface area contributed by atoms with Gasteiger partial charge in [-0.05, 0) is 45.9 Å². The molecule has 11 aromatic rings. The molecule has 1 aliphatic rings. The summed E-state index contributed by atoms with van der Waals surface area (Å²) in [6.45, 7) is 0. The highest BCUT2D eigenvalue weighted by atomic mass is 32.1. The van der Waals surface area contributed by atoms with Gasteiger partial charge in [0.05, 0.1) is 28.1 Å². The molecule has 3 nitrogen and oxygen atoms in total. The van der Waals surface area contributed by atoms with Crippen LogP contribution >= 0.6 is 11.3 Å². The summed E-state index contributed by atoms with van der Waals surface area (Å²) < 4.78 is 5.06. The Hall–Kier alpha value is -6.92. The average Bonchev–Trinajstić information content (AvgIpc) is 3.93. The number of rotatable bonds is 5. The first-order valence-corrected chi connectivity index (χ1v) is 22.2. The lowest BCUT2D eigenvalue weighted by Crippen LogP contribution is -2.73. The molecule has 4 heterocycles. The number of nitrogens with zero attached hydrogens (tertiary/aromatic N) is 3. The molecule has 0 atom stereocenters. The third-order valence-electron chi connectivity index (χ3n) is 11.9. The first-order chi connectivity index (χ1) is 28.3. The van der Waals surface area contributed by atoms with Gasteiger partial charge in [0.2, 0.25) is 0 Å². The Labute approximate surface area is 334 Å². The van der Waals surface area contributed by atoms with Gasteiger partial charge in [0, 0.05) is 52.8 Å². The van der Waals surface area contributed by atoms with E-state index in [2.05, 4.69) is 205 Å². The molecule has 0 unspecified atom stereocenters. The molecule has 0 amide bonds. The normalized spacial score (nSPS) is 13.1. The number of hydrogen-bond acceptors (Lipinski definition) is 3. The Morgan fingerprint density at radius 2 is 1.04 bits per heavy atom. The second-order valence-electron chi connectivity index (χ2n) is 14.8. The smallest absolute Gasteiger partial charge is 0.185 e. The highest BCUT2D eigenvalue weighted by molar-refractivity contribution is 7.26. The summed E-state index contributed by atoms with van der Waals surface area (Å²) in [5.74, 6) is 0.720. The van der Waals surface area contributed by atoms with Gasteiger partial charge < -0.3 is 4.57 Å². The molecule has 57 heavy (non-hydrogen) atoms. The summed E-state index contributed by atoms with van der Waals surface area (Å²) in [6, 6.07) is 72.9. The third-order valence-corrected chi connectivity index (χ3v) is 18.0. The van der Waals surface area contributed by atoms with Crippen molar-refractivity contribution in [2.75, 3.05) is 0 Å². The van der Waals surface area contributed by atoms with Crippen LogP contribution in [0.2, 0.25) is 0 Å². The first-order valence-electron chi connectivity index (χ1n) is 19.4. The van der Waals surface area contributed by atoms with E-state index in [0.29, 0.717) is 0 Å². The van der Waals surface area contributed by atoms with Crippen LogP contribution in [0, 0.1) is 0 Å². The SMILES string of the molecule is c1ccc(-c2nc(-c3ccccc3-n3c4ccccc4c4c5sc6ccccc6c5ccc43)nc3c2[Si](c2ccccc2)(c2ccccc2)c2ccccc2-3)cc1. The zero-order chi connectivity index (χ0) is 37.5. The second-order valence-corrected chi connectivity index (χ2v) is 19.6. The highest BCUT2D eigenvalue weighted by Gasteiger charge is 2.51. The maximum absolute atomic E-state index is 5.74. The Morgan fingerprint density at radius 3 is 1.81 bits per heavy atom. The predicted molar refractivity (Wildman–Crippen MR) is 243 cm³/mol. The maximum Gasteiger partial charge on any atom is 0.185 e. The Morgan fingerprint density at radius 1 is 0.439 bits per heavy atom. The number of fused-ring (bicyclic) bond motifs is 10. The standard InChI is InChI=1S/C52H33N3SSi/c1-4-18-34(19-5-1)48-51-49(41-27-13-17-31-46(41)57(51,35-20-6-2-7-21-35)36-22-8-3-9-23-36)54-52(53-48)40-26-11-15-29-43(40)55-42-28-14-10-25-39(42)47-44(55)33-32-38-37-24-12-16-30-45(37)56-50(38)47/h1-33H. The molecule has 0 N–H and O–H groups in total. The number of thiophene rings is 1. The minimum absolute atomic E-state index is 0.720. The van der Waals surface area contributed by atoms with Crippen LogP contribution < -0.4 is 20.7 Å². The number of para-hydroxylation sites is 2. The van der Waals surface area contributed by atoms with E-state index in [1.165, 1.54) is 68.3 Å². The molecule has 1 aliphatic heterocycles. The van der Waals surface area contributed by atoms with Crippen LogP contribution in [-0.4, -0.2) is 22.6 Å². The molecule has 8 aromatic carbocycles. The maximum atomic E-state index is 5.74. The molecule has 3 aromatic heterocycles. The second kappa shape index (κ2) is 12.5. The fourth-order valence-electron chi connectivity index (χ4n) is 9.58. The van der Waals surface area contributed by atoms with Gasteiger partial charge in [-0.1, -0.05) is 170 Å². The minimum Gasteiger partial charge on any atom is -0.308 e. The van der Waals surface area contributed by atoms with E-state index in [-0.39, 0.29) is 0 Å². The zero-order valence-electron chi connectivity index (χ0n) is 30.8. The van der Waals surface area contributed by atoms with Gasteiger partial charge in [0.25, 0.3) is 0 Å². The van der Waals surface area contributed by atoms with E-state index in [4.69, 9.17) is 9.97 Å². The van der Waals surface area contributed by atoms with Crippen LogP contribution in [0.15, 0.2) is 200 Å². The fraction of sp³-hybridized carbons (Fsp3) is 0. The lowest BCUT2D eigenvalue weighted by atomic mass is 10.1. The van der Waals surface area contributed by atoms with Crippen molar-refractivity contribution in [2.45, 2.75) is 0 Å². The van der Waals surface area contributed by atoms with Crippen LogP contribution in [0.4, 0.5) is 0 Å². The van der Waals surface area contributed by atoms with Crippen LogP contribution in [0.25, 0.3) is 81.6 Å². The quantitative estimate of drug-likeness (QED) is 0.164. The van der Waals surface area contributed by atoms with E-state index in [1.807, 2.05) is 11.3 Å². The van der Waals surface area contributed by atoms with Crippen molar-refractivity contribution < 1.29 is 0 Å². The third kappa shape index (κ3) is 4.58. The molecule has 266 valence electrons. The average molecular weight is 760 g/mol. The van der Waals surface area contributed by atoms with E-state index in [1.54, 1.807) is 0 Å². The lowest BCUT2D eigenvalue weighted by Gasteiger charge is -2.32. The molecule has 0 saturated carbocycles. The highest BCUT2D eigenvalue weighted by Crippen LogP contribution is 2.44. The molecule has 5 heteroatoms. The van der Waals surface area contributed by atoms with Crippen molar-refractivity contribution in [1.82, 2.24) is 14.5 Å². The fourth-order valence-corrected chi connectivity index (χ4v) is 16.1. The predicted octanol–water partition coefficient (Wildman–Crippen LogP) is 10.6. The summed E-state index contributed by atoms with van der Waals surface area (Å²) in [7, 11) is -2.89. The summed E-state index contributed by atoms with van der Waals surface area (Å²) in [6.07, 6.45) is 0. The van der Waals surface area contributed by atoms with Crippen molar-refractivity contribution in [3.63, 3.8) is 0 Å². The molecular weight excluding hydrogens is 727 g/mol. The number of hydrogen-bond donors (Lipinski definition) is 0. The molecule has 0 radical (unpaired) electrons. The van der Waals surface area contributed by atoms with E-state index >= 15 is 0 Å². The topological polar surface area (TPSA) is 30.7 Å². The molecule has 12 rings (SSSR count). The molecule has 0 spiro atoms. The van der Waals surface area contributed by atoms with Crippen molar-refractivity contribution in [1.29, 1.82) is 0 Å². The van der Waals surface area contributed by atoms with Gasteiger partial charge in [0.1, 0.15) is 0 Å². The van der Waals surface area contributed by atoms with E-state index in [9.17, 15) is 0 Å². The largest absolute Gasteiger partial charge is 0.308 e. The lowest BCUT2D eigenvalue weighted by molar-refractivity contribution is 1.14. The first kappa shape index (κ1) is 32.3. The number of benzene rings is 8. The molecule has 0 saturated heterocycles. The Kier molecular flexibility index (Phi) is 7.12. The zero-order valence-corrected chi connectivity index (χ0v) is 32.6. The van der Waals surface area contributed by atoms with Gasteiger partial charge in [-0.3, -0.25) is 0 Å². The van der Waals surface area contributed by atoms with Crippen molar-refractivity contribution >= 4 is 82.1 Å². The summed E-state index contributed by atoms with van der Waals surface area (Å²) in [4.78, 5) is 11.5. The van der Waals surface area contributed by atoms with Gasteiger partial charge in [-0.2, -0.15) is 0 Å². The summed E-state index contributed by atoms with van der Waals surface area (Å²) in [5.41, 5.74) is 8.70. The van der Waals surface area contributed by atoms with E-state index < -0.39 is 8.07 Å². The number of aromatic nitrogens is 3. The van der Waals surface area contributed by atoms with Crippen LogP contribution in [0.5, 0.6) is 0 Å². The minimum atomic E-state index is -2.89. The van der Waals surface area contributed by atoms with Crippen molar-refractivity contribution in [3.8, 4) is 39.6 Å². The monoisotopic (exact) mass is 759 g/mol. The van der Waals surface area contributed by atoms with Gasteiger partial charge >= 0.3 is 0 Å². The summed E-state index contributed by atoms with van der Waals surface area (Å²) >= 11 is 1.88. The van der Waals surface area contributed by atoms with Gasteiger partial charge in [0.15, 0.2) is 13.9 Å². The van der Waals surface area contributed by atoms with E-state index in [0.717, 1.165) is 34.0 Å². The Bertz CT molecular complexity index is 3310. The van der Waals surface area contributed by atoms with Gasteiger partial charge in [-0.25, -0.2) is 9.97 Å².